The summed E-state index contributed by atoms with van der Waals surface area (Å²) < 4.78 is 58.8. The third-order valence-electron chi connectivity index (χ3n) is 8.63. The van der Waals surface area contributed by atoms with Gasteiger partial charge in [-0.3, -0.25) is 0 Å². The lowest BCUT2D eigenvalue weighted by Crippen LogP contribution is -2.39. The van der Waals surface area contributed by atoms with E-state index in [1.807, 2.05) is 42.5 Å². The molecule has 42 heavy (non-hydrogen) atoms. The van der Waals surface area contributed by atoms with Crippen molar-refractivity contribution in [3.05, 3.63) is 65.2 Å². The molecule has 6 atom stereocenters. The Labute approximate surface area is 241 Å². The lowest BCUT2D eigenvalue weighted by molar-refractivity contribution is -0.0629. The molecule has 0 aromatic heterocycles. The van der Waals surface area contributed by atoms with Gasteiger partial charge in [0.2, 0.25) is 13.6 Å². The van der Waals surface area contributed by atoms with Crippen LogP contribution in [0.1, 0.15) is 35.0 Å². The maximum absolute atomic E-state index is 11.9. The first-order chi connectivity index (χ1) is 20.6. The van der Waals surface area contributed by atoms with E-state index >= 15 is 0 Å². The topological polar surface area (TPSA) is 113 Å². The molecule has 0 amide bonds. The van der Waals surface area contributed by atoms with Gasteiger partial charge in [0.25, 0.3) is 0 Å². The zero-order chi connectivity index (χ0) is 28.4. The minimum absolute atomic E-state index is 0.0948. The van der Waals surface area contributed by atoms with E-state index in [0.29, 0.717) is 53.5 Å². The molecule has 0 saturated carbocycles. The van der Waals surface area contributed by atoms with Crippen LogP contribution in [0.15, 0.2) is 48.5 Å². The van der Waals surface area contributed by atoms with E-state index in [4.69, 9.17) is 47.4 Å². The van der Waals surface area contributed by atoms with E-state index in [2.05, 4.69) is 0 Å². The van der Waals surface area contributed by atoms with Crippen LogP contribution in [0.3, 0.4) is 0 Å². The van der Waals surface area contributed by atoms with Crippen LogP contribution in [0.5, 0.6) is 40.2 Å². The van der Waals surface area contributed by atoms with E-state index in [-0.39, 0.29) is 26.1 Å². The van der Waals surface area contributed by atoms with E-state index in [0.717, 1.165) is 16.7 Å². The number of benzene rings is 3. The van der Waals surface area contributed by atoms with Gasteiger partial charge in [-0.05, 0) is 35.9 Å². The summed E-state index contributed by atoms with van der Waals surface area (Å²) in [4.78, 5) is 0. The minimum Gasteiger partial charge on any atom is -0.496 e. The summed E-state index contributed by atoms with van der Waals surface area (Å²) in [5.41, 5.74) is 1.17. The lowest BCUT2D eigenvalue weighted by atomic mass is 9.80. The molecule has 5 aliphatic rings. The van der Waals surface area contributed by atoms with Crippen molar-refractivity contribution in [2.24, 2.45) is 5.92 Å². The fourth-order valence-electron chi connectivity index (χ4n) is 6.56. The van der Waals surface area contributed by atoms with Crippen LogP contribution < -0.4 is 33.2 Å². The number of hydrogen-bond acceptors (Lipinski definition) is 11. The molecule has 8 rings (SSSR count). The van der Waals surface area contributed by atoms with Crippen molar-refractivity contribution >= 4 is 0 Å². The van der Waals surface area contributed by atoms with Gasteiger partial charge in [-0.25, -0.2) is 0 Å². The molecular weight excluding hydrogens is 548 g/mol. The normalized spacial score (nSPS) is 29.9. The third kappa shape index (κ3) is 3.95. The Bertz CT molecular complexity index is 1520. The van der Waals surface area contributed by atoms with E-state index in [1.54, 1.807) is 20.3 Å². The highest BCUT2D eigenvalue weighted by molar-refractivity contribution is 5.54. The van der Waals surface area contributed by atoms with Gasteiger partial charge in [0, 0.05) is 30.2 Å². The number of aliphatic hydroxyl groups is 1. The van der Waals surface area contributed by atoms with Gasteiger partial charge in [0.15, 0.2) is 46.7 Å². The van der Waals surface area contributed by atoms with Crippen molar-refractivity contribution in [2.45, 2.75) is 30.0 Å². The van der Waals surface area contributed by atoms with Crippen LogP contribution in [0.2, 0.25) is 0 Å². The standard InChI is InChI=1S/C31H30O11/c1-33-12-27-28(16-3-5-20-23(7-16)39-14-37-20)42-26-10-22(34-2)18(9-25(26)41-27)29-19-11-35-30(31(19,32)13-36-29)17-4-6-21-24(8-17)40-15-38-21/h3-10,19,27-30,32H,11-15H2,1-2H3/t19-,27-,28-,29-,30-,31-/m1/s1. The summed E-state index contributed by atoms with van der Waals surface area (Å²) in [5.74, 6) is 3.95. The van der Waals surface area contributed by atoms with Gasteiger partial charge in [0.05, 0.1) is 33.0 Å². The second-order valence-corrected chi connectivity index (χ2v) is 11.0. The highest BCUT2D eigenvalue weighted by Gasteiger charge is 2.60. The fraction of sp³-hybridized carbons (Fsp3) is 0.419. The van der Waals surface area contributed by atoms with E-state index in [1.165, 1.54) is 0 Å². The SMILES string of the molecule is COC[C@H]1Oc2cc([C@H]3OC[C@]4(O)[C@@H](c5ccc6c(c5)OCO6)OC[C@H]34)c(OC)cc2O[C@@H]1c1ccc2c(c1)OCO2. The number of rotatable bonds is 6. The largest absolute Gasteiger partial charge is 0.496 e. The predicted octanol–water partition coefficient (Wildman–Crippen LogP) is 3.87. The molecule has 11 heteroatoms. The summed E-state index contributed by atoms with van der Waals surface area (Å²) in [6.45, 7) is 1.06. The average molecular weight is 579 g/mol. The summed E-state index contributed by atoms with van der Waals surface area (Å²) in [6.07, 6.45) is -1.97. The van der Waals surface area contributed by atoms with Crippen LogP contribution >= 0.6 is 0 Å². The van der Waals surface area contributed by atoms with Gasteiger partial charge in [-0.1, -0.05) is 12.1 Å². The van der Waals surface area contributed by atoms with E-state index < -0.39 is 30.0 Å². The summed E-state index contributed by atoms with van der Waals surface area (Å²) >= 11 is 0. The third-order valence-corrected chi connectivity index (χ3v) is 8.63. The number of fused-ring (bicyclic) bond motifs is 4. The second kappa shape index (κ2) is 9.84. The molecule has 1 N–H and O–H groups in total. The quantitative estimate of drug-likeness (QED) is 0.460. The second-order valence-electron chi connectivity index (χ2n) is 11.0. The molecule has 5 aliphatic heterocycles. The predicted molar refractivity (Wildman–Crippen MR) is 144 cm³/mol. The van der Waals surface area contributed by atoms with Gasteiger partial charge >= 0.3 is 0 Å². The Hall–Kier alpha value is -3.90. The number of methoxy groups -OCH3 is 2. The van der Waals surface area contributed by atoms with Crippen molar-refractivity contribution in [1.82, 2.24) is 0 Å². The van der Waals surface area contributed by atoms with Gasteiger partial charge < -0.3 is 52.5 Å². The lowest BCUT2D eigenvalue weighted by Gasteiger charge is -2.35. The summed E-state index contributed by atoms with van der Waals surface area (Å²) in [6, 6.07) is 15.0. The smallest absolute Gasteiger partial charge is 0.231 e. The summed E-state index contributed by atoms with van der Waals surface area (Å²) in [7, 11) is 3.22. The highest BCUT2D eigenvalue weighted by Crippen LogP contribution is 2.56. The molecule has 11 nitrogen and oxygen atoms in total. The first kappa shape index (κ1) is 25.8. The zero-order valence-corrected chi connectivity index (χ0v) is 23.1. The molecule has 0 unspecified atom stereocenters. The molecule has 2 saturated heterocycles. The Morgan fingerprint density at radius 3 is 2.19 bits per heavy atom. The Balaban J connectivity index is 1.09. The minimum atomic E-state index is -1.25. The van der Waals surface area contributed by atoms with Crippen LogP contribution in [0.25, 0.3) is 0 Å². The van der Waals surface area contributed by atoms with Gasteiger partial charge in [-0.2, -0.15) is 0 Å². The zero-order valence-electron chi connectivity index (χ0n) is 23.1. The maximum atomic E-state index is 11.9. The first-order valence-corrected chi connectivity index (χ1v) is 13.8. The van der Waals surface area contributed by atoms with Crippen molar-refractivity contribution in [3.63, 3.8) is 0 Å². The fourth-order valence-corrected chi connectivity index (χ4v) is 6.56. The van der Waals surface area contributed by atoms with Gasteiger partial charge in [-0.15, -0.1) is 0 Å². The van der Waals surface area contributed by atoms with Gasteiger partial charge in [0.1, 0.15) is 17.5 Å². The van der Waals surface area contributed by atoms with Crippen LogP contribution in [-0.2, 0) is 14.2 Å². The first-order valence-electron chi connectivity index (χ1n) is 13.8. The molecular formula is C31H30O11. The Morgan fingerprint density at radius 1 is 0.762 bits per heavy atom. The summed E-state index contributed by atoms with van der Waals surface area (Å²) in [5, 5.41) is 11.9. The molecule has 2 fully saturated rings. The van der Waals surface area contributed by atoms with Crippen molar-refractivity contribution < 1.29 is 52.5 Å². The average Bonchev–Trinajstić information content (AvgIpc) is 3.79. The molecule has 0 spiro atoms. The number of ether oxygens (including phenoxy) is 10. The van der Waals surface area contributed by atoms with Crippen molar-refractivity contribution in [3.8, 4) is 40.2 Å². The van der Waals surface area contributed by atoms with Crippen molar-refractivity contribution in [1.29, 1.82) is 0 Å². The molecule has 0 bridgehead atoms. The van der Waals surface area contributed by atoms with E-state index in [9.17, 15) is 5.11 Å². The van der Waals surface area contributed by atoms with Crippen LogP contribution in [0, 0.1) is 5.92 Å². The molecule has 3 aromatic carbocycles. The maximum Gasteiger partial charge on any atom is 0.231 e. The Morgan fingerprint density at radius 2 is 1.45 bits per heavy atom. The molecule has 220 valence electrons. The highest BCUT2D eigenvalue weighted by atomic mass is 16.7. The number of hydrogen-bond donors (Lipinski definition) is 1. The molecule has 3 aromatic rings. The monoisotopic (exact) mass is 578 g/mol. The van der Waals surface area contributed by atoms with Crippen LogP contribution in [-0.4, -0.2) is 64.4 Å². The van der Waals surface area contributed by atoms with Crippen molar-refractivity contribution in [2.75, 3.05) is 47.6 Å². The van der Waals surface area contributed by atoms with Crippen LogP contribution in [0.4, 0.5) is 0 Å². The molecule has 0 radical (unpaired) electrons. The Kier molecular flexibility index (Phi) is 6.04. The molecule has 0 aliphatic carbocycles. The molecule has 5 heterocycles.